The Morgan fingerprint density at radius 2 is 1.27 bits per heavy atom. The topological polar surface area (TPSA) is 18.5 Å². The largest absolute Gasteiger partial charge is 0.371 e. The van der Waals surface area contributed by atoms with E-state index >= 15 is 0 Å². The summed E-state index contributed by atoms with van der Waals surface area (Å²) in [6.45, 7) is 8.28. The first-order valence-corrected chi connectivity index (χ1v) is 10.00. The van der Waals surface area contributed by atoms with Crippen molar-refractivity contribution in [2.45, 2.75) is 59.0 Å². The van der Waals surface area contributed by atoms with Crippen LogP contribution in [0.15, 0.2) is 60.7 Å². The van der Waals surface area contributed by atoms with E-state index in [1.807, 2.05) is 12.1 Å². The quantitative estimate of drug-likeness (QED) is 0.621. The first-order valence-electron chi connectivity index (χ1n) is 10.00. The molecule has 140 valence electrons. The molecule has 1 aliphatic rings. The molecule has 0 bridgehead atoms. The average Bonchev–Trinajstić information content (AvgIpc) is 2.69. The zero-order chi connectivity index (χ0) is 18.4. The number of rotatable bonds is 7. The molecule has 1 aliphatic carbocycles. The third-order valence-electron chi connectivity index (χ3n) is 5.92. The molecule has 0 amide bonds. The Hall–Kier alpha value is -1.64. The molecule has 0 N–H and O–H groups in total. The summed E-state index contributed by atoms with van der Waals surface area (Å²) >= 11 is 0. The van der Waals surface area contributed by atoms with Crippen LogP contribution in [0, 0.1) is 17.8 Å². The van der Waals surface area contributed by atoms with Crippen LogP contribution in [0.1, 0.15) is 44.7 Å². The molecule has 0 spiro atoms. The monoisotopic (exact) mass is 352 g/mol. The van der Waals surface area contributed by atoms with Crippen LogP contribution in [0.2, 0.25) is 0 Å². The highest BCUT2D eigenvalue weighted by Gasteiger charge is 2.41. The third-order valence-corrected chi connectivity index (χ3v) is 5.92. The maximum atomic E-state index is 6.46. The lowest BCUT2D eigenvalue weighted by atomic mass is 9.71. The minimum atomic E-state index is 0.146. The fourth-order valence-corrected chi connectivity index (χ4v) is 4.30. The van der Waals surface area contributed by atoms with Crippen molar-refractivity contribution in [2.75, 3.05) is 0 Å². The molecule has 0 aromatic heterocycles. The summed E-state index contributed by atoms with van der Waals surface area (Å²) < 4.78 is 12.9. The Kier molecular flexibility index (Phi) is 6.87. The minimum Gasteiger partial charge on any atom is -0.371 e. The Labute approximate surface area is 158 Å². The van der Waals surface area contributed by atoms with Gasteiger partial charge in [0.25, 0.3) is 0 Å². The SMILES string of the molecule is CC[C@H]1CC(C)[C@H](OCc2ccccc2)[C@@H](OCc2ccccc2)[C@@H]1C. The molecule has 0 heterocycles. The van der Waals surface area contributed by atoms with Crippen molar-refractivity contribution in [3.63, 3.8) is 0 Å². The van der Waals surface area contributed by atoms with Gasteiger partial charge in [-0.15, -0.1) is 0 Å². The molecule has 1 fully saturated rings. The van der Waals surface area contributed by atoms with Crippen LogP contribution in [0.4, 0.5) is 0 Å². The fourth-order valence-electron chi connectivity index (χ4n) is 4.30. The fraction of sp³-hybridized carbons (Fsp3) is 0.500. The Morgan fingerprint density at radius 3 is 1.77 bits per heavy atom. The maximum absolute atomic E-state index is 6.46. The van der Waals surface area contributed by atoms with Gasteiger partial charge in [0.05, 0.1) is 25.4 Å². The van der Waals surface area contributed by atoms with Crippen molar-refractivity contribution in [3.8, 4) is 0 Å². The Morgan fingerprint density at radius 1 is 0.769 bits per heavy atom. The molecular formula is C24H32O2. The van der Waals surface area contributed by atoms with Crippen molar-refractivity contribution in [3.05, 3.63) is 71.8 Å². The molecule has 26 heavy (non-hydrogen) atoms. The summed E-state index contributed by atoms with van der Waals surface area (Å²) in [7, 11) is 0. The van der Waals surface area contributed by atoms with Crippen molar-refractivity contribution in [2.24, 2.45) is 17.8 Å². The summed E-state index contributed by atoms with van der Waals surface area (Å²) in [5.74, 6) is 1.74. The van der Waals surface area contributed by atoms with E-state index in [1.165, 1.54) is 24.0 Å². The first-order chi connectivity index (χ1) is 12.7. The first kappa shape index (κ1) is 19.1. The van der Waals surface area contributed by atoms with E-state index in [4.69, 9.17) is 9.47 Å². The molecule has 3 rings (SSSR count). The van der Waals surface area contributed by atoms with Crippen LogP contribution in [-0.2, 0) is 22.7 Å². The van der Waals surface area contributed by atoms with Gasteiger partial charge in [-0.05, 0) is 35.3 Å². The van der Waals surface area contributed by atoms with E-state index in [0.717, 1.165) is 0 Å². The summed E-state index contributed by atoms with van der Waals surface area (Å²) in [4.78, 5) is 0. The maximum Gasteiger partial charge on any atom is 0.0872 e. The summed E-state index contributed by atoms with van der Waals surface area (Å²) in [6.07, 6.45) is 2.73. The van der Waals surface area contributed by atoms with Crippen LogP contribution in [0.3, 0.4) is 0 Å². The lowest BCUT2D eigenvalue weighted by Crippen LogP contribution is -2.48. The third kappa shape index (κ3) is 4.75. The normalized spacial score (nSPS) is 28.8. The van der Waals surface area contributed by atoms with Crippen LogP contribution >= 0.6 is 0 Å². The lowest BCUT2D eigenvalue weighted by molar-refractivity contribution is -0.159. The summed E-state index contributed by atoms with van der Waals surface area (Å²) in [5, 5.41) is 0. The molecule has 1 saturated carbocycles. The van der Waals surface area contributed by atoms with E-state index in [1.54, 1.807) is 0 Å². The van der Waals surface area contributed by atoms with Gasteiger partial charge in [-0.2, -0.15) is 0 Å². The minimum absolute atomic E-state index is 0.146. The van der Waals surface area contributed by atoms with Crippen molar-refractivity contribution in [1.29, 1.82) is 0 Å². The molecule has 1 unspecified atom stereocenters. The standard InChI is InChI=1S/C24H32O2/c1-4-22-15-18(2)23(25-16-20-11-7-5-8-12-20)24(19(22)3)26-17-21-13-9-6-10-14-21/h5-14,18-19,22-24H,4,15-17H2,1-3H3/t18?,19-,22+,23+,24+/m1/s1. The molecule has 2 aromatic carbocycles. The number of hydrogen-bond donors (Lipinski definition) is 0. The van der Waals surface area contributed by atoms with E-state index in [0.29, 0.717) is 31.0 Å². The molecule has 0 aliphatic heterocycles. The van der Waals surface area contributed by atoms with Crippen LogP contribution in [0.5, 0.6) is 0 Å². The highest BCUT2D eigenvalue weighted by Crippen LogP contribution is 2.39. The van der Waals surface area contributed by atoms with Crippen molar-refractivity contribution < 1.29 is 9.47 Å². The van der Waals surface area contributed by atoms with Crippen LogP contribution in [-0.4, -0.2) is 12.2 Å². The van der Waals surface area contributed by atoms with Gasteiger partial charge in [0, 0.05) is 0 Å². The summed E-state index contributed by atoms with van der Waals surface area (Å²) in [5.41, 5.74) is 2.46. The van der Waals surface area contributed by atoms with E-state index in [9.17, 15) is 0 Å². The van der Waals surface area contributed by atoms with Gasteiger partial charge in [0.15, 0.2) is 0 Å². The van der Waals surface area contributed by atoms with Gasteiger partial charge >= 0.3 is 0 Å². The van der Waals surface area contributed by atoms with Crippen molar-refractivity contribution in [1.82, 2.24) is 0 Å². The predicted octanol–water partition coefficient (Wildman–Crippen LogP) is 5.86. The smallest absolute Gasteiger partial charge is 0.0872 e. The van der Waals surface area contributed by atoms with E-state index in [-0.39, 0.29) is 12.2 Å². The predicted molar refractivity (Wildman–Crippen MR) is 107 cm³/mol. The van der Waals surface area contributed by atoms with Gasteiger partial charge in [-0.1, -0.05) is 87.9 Å². The second kappa shape index (κ2) is 9.34. The van der Waals surface area contributed by atoms with Gasteiger partial charge < -0.3 is 9.47 Å². The number of ether oxygens (including phenoxy) is 2. The van der Waals surface area contributed by atoms with E-state index < -0.39 is 0 Å². The zero-order valence-corrected chi connectivity index (χ0v) is 16.3. The second-order valence-electron chi connectivity index (χ2n) is 7.76. The molecule has 2 heteroatoms. The van der Waals surface area contributed by atoms with E-state index in [2.05, 4.69) is 69.3 Å². The highest BCUT2D eigenvalue weighted by atomic mass is 16.5. The Balaban J connectivity index is 1.69. The lowest BCUT2D eigenvalue weighted by Gasteiger charge is -2.44. The van der Waals surface area contributed by atoms with Crippen molar-refractivity contribution >= 4 is 0 Å². The summed E-state index contributed by atoms with van der Waals surface area (Å²) in [6, 6.07) is 20.9. The molecule has 2 nitrogen and oxygen atoms in total. The zero-order valence-electron chi connectivity index (χ0n) is 16.3. The van der Waals surface area contributed by atoms with Crippen LogP contribution < -0.4 is 0 Å². The Bertz CT molecular complexity index is 640. The average molecular weight is 353 g/mol. The number of benzene rings is 2. The molecule has 2 aromatic rings. The van der Waals surface area contributed by atoms with Gasteiger partial charge in [-0.3, -0.25) is 0 Å². The highest BCUT2D eigenvalue weighted by molar-refractivity contribution is 5.14. The number of hydrogen-bond acceptors (Lipinski definition) is 2. The second-order valence-corrected chi connectivity index (χ2v) is 7.76. The van der Waals surface area contributed by atoms with Gasteiger partial charge in [0.2, 0.25) is 0 Å². The van der Waals surface area contributed by atoms with Gasteiger partial charge in [-0.25, -0.2) is 0 Å². The molecule has 5 atom stereocenters. The molecule has 0 radical (unpaired) electrons. The molecule has 0 saturated heterocycles. The van der Waals surface area contributed by atoms with Gasteiger partial charge in [0.1, 0.15) is 0 Å². The van der Waals surface area contributed by atoms with Crippen LogP contribution in [0.25, 0.3) is 0 Å². The molecular weight excluding hydrogens is 320 g/mol.